The highest BCUT2D eigenvalue weighted by Crippen LogP contribution is 2.48. The van der Waals surface area contributed by atoms with Gasteiger partial charge in [-0.05, 0) is 26.0 Å². The molecule has 6 nitrogen and oxygen atoms in total. The fourth-order valence-electron chi connectivity index (χ4n) is 1.89. The SMILES string of the molecule is CCOP(=S)(OCC)Oc1ncn(-c2ccccc2)n1.c1ccccc1. The molecule has 0 spiro atoms. The molecule has 26 heavy (non-hydrogen) atoms. The van der Waals surface area contributed by atoms with Crippen LogP contribution < -0.4 is 4.52 Å². The second-order valence-electron chi connectivity index (χ2n) is 4.84. The first kappa shape index (κ1) is 20.3. The minimum Gasteiger partial charge on any atom is -0.388 e. The molecule has 0 saturated heterocycles. The van der Waals surface area contributed by atoms with Gasteiger partial charge in [0.2, 0.25) is 0 Å². The van der Waals surface area contributed by atoms with Gasteiger partial charge < -0.3 is 4.52 Å². The Balaban J connectivity index is 0.000000342. The summed E-state index contributed by atoms with van der Waals surface area (Å²) in [4.78, 5) is 4.07. The van der Waals surface area contributed by atoms with Crippen LogP contribution in [0.1, 0.15) is 13.8 Å². The molecular formula is C18H22N3O3PS. The van der Waals surface area contributed by atoms with Gasteiger partial charge in [0.1, 0.15) is 6.33 Å². The van der Waals surface area contributed by atoms with Gasteiger partial charge in [0, 0.05) is 11.8 Å². The highest BCUT2D eigenvalue weighted by Gasteiger charge is 2.23. The average molecular weight is 391 g/mol. The molecular weight excluding hydrogens is 369 g/mol. The van der Waals surface area contributed by atoms with Gasteiger partial charge >= 0.3 is 12.7 Å². The molecule has 3 aromatic rings. The Labute approximate surface area is 159 Å². The van der Waals surface area contributed by atoms with Crippen LogP contribution in [0, 0.1) is 0 Å². The monoisotopic (exact) mass is 391 g/mol. The zero-order valence-electron chi connectivity index (χ0n) is 14.8. The average Bonchev–Trinajstić information content (AvgIpc) is 3.13. The zero-order valence-corrected chi connectivity index (χ0v) is 16.5. The van der Waals surface area contributed by atoms with Crippen LogP contribution in [0.5, 0.6) is 6.01 Å². The van der Waals surface area contributed by atoms with Gasteiger partial charge in [0.05, 0.1) is 18.9 Å². The topological polar surface area (TPSA) is 58.4 Å². The van der Waals surface area contributed by atoms with Gasteiger partial charge in [-0.3, -0.25) is 9.05 Å². The lowest BCUT2D eigenvalue weighted by atomic mass is 10.3. The number of nitrogens with zero attached hydrogens (tertiary/aromatic N) is 3. The third-order valence-electron chi connectivity index (χ3n) is 2.93. The number of benzene rings is 2. The maximum Gasteiger partial charge on any atom is 0.382 e. The standard InChI is InChI=1S/C12H16N3O3PS.C6H6/c1-3-16-19(20,17-4-2)18-12-13-10-15(14-12)11-8-6-5-7-9-11;1-2-4-6-5-3-1/h5-10H,3-4H2,1-2H3;1-6H. The summed E-state index contributed by atoms with van der Waals surface area (Å²) >= 11 is 5.26. The first-order valence-electron chi connectivity index (χ1n) is 8.22. The molecule has 0 aliphatic carbocycles. The predicted octanol–water partition coefficient (Wildman–Crippen LogP) is 4.63. The van der Waals surface area contributed by atoms with E-state index in [1.807, 2.05) is 80.6 Å². The Morgan fingerprint density at radius 1 is 0.885 bits per heavy atom. The van der Waals surface area contributed by atoms with E-state index in [9.17, 15) is 0 Å². The van der Waals surface area contributed by atoms with Crippen molar-refractivity contribution in [2.24, 2.45) is 0 Å². The molecule has 8 heteroatoms. The van der Waals surface area contributed by atoms with E-state index in [0.717, 1.165) is 5.69 Å². The summed E-state index contributed by atoms with van der Waals surface area (Å²) < 4.78 is 17.9. The highest BCUT2D eigenvalue weighted by molar-refractivity contribution is 8.07. The third-order valence-corrected chi connectivity index (χ3v) is 5.32. The number of hydrogen-bond donors (Lipinski definition) is 0. The predicted molar refractivity (Wildman–Crippen MR) is 106 cm³/mol. The van der Waals surface area contributed by atoms with Crippen molar-refractivity contribution < 1.29 is 13.6 Å². The maximum atomic E-state index is 5.52. The van der Waals surface area contributed by atoms with Crippen molar-refractivity contribution in [2.75, 3.05) is 13.2 Å². The highest BCUT2D eigenvalue weighted by atomic mass is 32.5. The molecule has 138 valence electrons. The second-order valence-corrected chi connectivity index (χ2v) is 7.77. The molecule has 0 amide bonds. The fourth-order valence-corrected chi connectivity index (χ4v) is 3.81. The van der Waals surface area contributed by atoms with Gasteiger partial charge in [0.25, 0.3) is 0 Å². The normalized spacial score (nSPS) is 10.7. The molecule has 1 heterocycles. The van der Waals surface area contributed by atoms with Crippen LogP contribution in [0.15, 0.2) is 73.1 Å². The fraction of sp³-hybridized carbons (Fsp3) is 0.222. The number of hydrogen-bond acceptors (Lipinski definition) is 6. The third kappa shape index (κ3) is 6.69. The molecule has 0 aliphatic rings. The van der Waals surface area contributed by atoms with Gasteiger partial charge in [-0.2, -0.15) is 4.98 Å². The lowest BCUT2D eigenvalue weighted by Gasteiger charge is -2.18. The van der Waals surface area contributed by atoms with Crippen LogP contribution in [0.3, 0.4) is 0 Å². The molecule has 0 unspecified atom stereocenters. The van der Waals surface area contributed by atoms with E-state index in [0.29, 0.717) is 13.2 Å². The first-order chi connectivity index (χ1) is 12.7. The Kier molecular flexibility index (Phi) is 8.44. The minimum atomic E-state index is -2.82. The summed E-state index contributed by atoms with van der Waals surface area (Å²) in [6.07, 6.45) is 1.56. The number of para-hydroxylation sites is 1. The zero-order chi connectivity index (χ0) is 18.7. The lowest BCUT2D eigenvalue weighted by molar-refractivity contribution is 0.214. The molecule has 0 radical (unpaired) electrons. The molecule has 0 aliphatic heterocycles. The summed E-state index contributed by atoms with van der Waals surface area (Å²) in [7, 11) is 0. The van der Waals surface area contributed by atoms with Crippen LogP contribution in [0.4, 0.5) is 0 Å². The Morgan fingerprint density at radius 3 is 1.88 bits per heavy atom. The molecule has 0 atom stereocenters. The largest absolute Gasteiger partial charge is 0.388 e. The van der Waals surface area contributed by atoms with E-state index in [1.54, 1.807) is 11.0 Å². The van der Waals surface area contributed by atoms with E-state index >= 15 is 0 Å². The van der Waals surface area contributed by atoms with Crippen molar-refractivity contribution in [1.82, 2.24) is 14.8 Å². The molecule has 0 saturated carbocycles. The van der Waals surface area contributed by atoms with Crippen molar-refractivity contribution in [3.05, 3.63) is 73.1 Å². The number of aromatic nitrogens is 3. The second kappa shape index (κ2) is 10.8. The number of rotatable bonds is 7. The molecule has 2 aromatic carbocycles. The minimum absolute atomic E-state index is 0.152. The van der Waals surface area contributed by atoms with Crippen LogP contribution in [-0.2, 0) is 20.9 Å². The maximum absolute atomic E-state index is 5.52. The van der Waals surface area contributed by atoms with Crippen LogP contribution in [0.2, 0.25) is 0 Å². The molecule has 1 aromatic heterocycles. The van der Waals surface area contributed by atoms with Crippen molar-refractivity contribution in [3.63, 3.8) is 0 Å². The smallest absolute Gasteiger partial charge is 0.382 e. The summed E-state index contributed by atoms with van der Waals surface area (Å²) in [6, 6.07) is 21.8. The lowest BCUT2D eigenvalue weighted by Crippen LogP contribution is -2.03. The summed E-state index contributed by atoms with van der Waals surface area (Å²) in [5, 5.41) is 4.21. The van der Waals surface area contributed by atoms with Crippen LogP contribution in [-0.4, -0.2) is 28.0 Å². The van der Waals surface area contributed by atoms with E-state index in [1.165, 1.54) is 0 Å². The first-order valence-corrected chi connectivity index (χ1v) is 10.8. The van der Waals surface area contributed by atoms with Crippen LogP contribution in [0.25, 0.3) is 5.69 Å². The summed E-state index contributed by atoms with van der Waals surface area (Å²) in [6.45, 7) is 1.67. The Morgan fingerprint density at radius 2 is 1.38 bits per heavy atom. The van der Waals surface area contributed by atoms with Gasteiger partial charge in [-0.25, -0.2) is 4.68 Å². The van der Waals surface area contributed by atoms with E-state index in [2.05, 4.69) is 10.1 Å². The summed E-state index contributed by atoms with van der Waals surface area (Å²) in [5.41, 5.74) is 0.885. The van der Waals surface area contributed by atoms with Gasteiger partial charge in [-0.1, -0.05) is 54.6 Å². The van der Waals surface area contributed by atoms with Gasteiger partial charge in [0.15, 0.2) is 0 Å². The van der Waals surface area contributed by atoms with E-state index < -0.39 is 6.72 Å². The van der Waals surface area contributed by atoms with E-state index in [-0.39, 0.29) is 6.01 Å². The van der Waals surface area contributed by atoms with Crippen molar-refractivity contribution >= 4 is 18.5 Å². The Hall–Kier alpha value is -2.05. The molecule has 0 fully saturated rings. The molecule has 0 N–H and O–H groups in total. The van der Waals surface area contributed by atoms with Crippen molar-refractivity contribution in [3.8, 4) is 11.7 Å². The van der Waals surface area contributed by atoms with Crippen molar-refractivity contribution in [1.29, 1.82) is 0 Å². The quantitative estimate of drug-likeness (QED) is 0.547. The van der Waals surface area contributed by atoms with Crippen LogP contribution >= 0.6 is 6.72 Å². The molecule has 3 rings (SSSR count). The Bertz CT molecular complexity index is 763. The summed E-state index contributed by atoms with van der Waals surface area (Å²) in [5.74, 6) is 0. The van der Waals surface area contributed by atoms with Gasteiger partial charge in [-0.15, -0.1) is 5.10 Å². The molecule has 0 bridgehead atoms. The van der Waals surface area contributed by atoms with Crippen molar-refractivity contribution in [2.45, 2.75) is 13.8 Å². The van der Waals surface area contributed by atoms with E-state index in [4.69, 9.17) is 25.4 Å².